The van der Waals surface area contributed by atoms with Gasteiger partial charge in [-0.2, -0.15) is 4.31 Å². The monoisotopic (exact) mass is 403 g/mol. The molecule has 0 aliphatic carbocycles. The van der Waals surface area contributed by atoms with Gasteiger partial charge in [-0.3, -0.25) is 24.6 Å². The number of rotatable bonds is 6. The van der Waals surface area contributed by atoms with E-state index in [1.165, 1.54) is 12.1 Å². The second-order valence-corrected chi connectivity index (χ2v) is 8.14. The largest absolute Gasteiger partial charge is 0.280 e. The van der Waals surface area contributed by atoms with Crippen LogP contribution in [0.3, 0.4) is 0 Å². The number of hydrogen-bond donors (Lipinski definition) is 0. The van der Waals surface area contributed by atoms with E-state index in [1.807, 2.05) is 30.3 Å². The van der Waals surface area contributed by atoms with Crippen LogP contribution in [-0.4, -0.2) is 54.0 Å². The Kier molecular flexibility index (Phi) is 5.52. The van der Waals surface area contributed by atoms with E-state index in [9.17, 15) is 28.1 Å². The number of imide groups is 1. The lowest BCUT2D eigenvalue weighted by atomic mass is 10.1. The maximum atomic E-state index is 12.7. The van der Waals surface area contributed by atoms with Crippen molar-refractivity contribution in [1.82, 2.24) is 9.21 Å². The first-order chi connectivity index (χ1) is 13.3. The Balaban J connectivity index is 1.74. The molecule has 1 heterocycles. The zero-order chi connectivity index (χ0) is 20.3. The molecule has 0 saturated carbocycles. The van der Waals surface area contributed by atoms with Crippen LogP contribution < -0.4 is 0 Å². The van der Waals surface area contributed by atoms with Gasteiger partial charge in [0.05, 0.1) is 22.9 Å². The van der Waals surface area contributed by atoms with E-state index in [0.717, 1.165) is 26.9 Å². The maximum Gasteiger partial charge on any atom is 0.270 e. The van der Waals surface area contributed by atoms with Crippen LogP contribution in [0.15, 0.2) is 59.5 Å². The number of piperazine rings is 1. The van der Waals surface area contributed by atoms with Crippen LogP contribution in [0.5, 0.6) is 0 Å². The highest BCUT2D eigenvalue weighted by Crippen LogP contribution is 2.22. The molecule has 146 valence electrons. The Morgan fingerprint density at radius 2 is 1.61 bits per heavy atom. The summed E-state index contributed by atoms with van der Waals surface area (Å²) in [5.41, 5.74) is 0.565. The lowest BCUT2D eigenvalue weighted by Crippen LogP contribution is -2.55. The Labute approximate surface area is 161 Å². The first-order valence-corrected chi connectivity index (χ1v) is 9.85. The summed E-state index contributed by atoms with van der Waals surface area (Å²) in [4.78, 5) is 35.6. The third-order valence-corrected chi connectivity index (χ3v) is 6.15. The maximum absolute atomic E-state index is 12.7. The topological polar surface area (TPSA) is 118 Å². The van der Waals surface area contributed by atoms with Gasteiger partial charge in [0.25, 0.3) is 5.69 Å². The van der Waals surface area contributed by atoms with E-state index in [0.29, 0.717) is 6.42 Å². The number of benzene rings is 2. The number of nitrogens with zero attached hydrogens (tertiary/aromatic N) is 3. The van der Waals surface area contributed by atoms with Gasteiger partial charge in [0, 0.05) is 18.7 Å². The number of sulfonamides is 1. The molecule has 2 amide bonds. The summed E-state index contributed by atoms with van der Waals surface area (Å²) in [7, 11) is -4.21. The van der Waals surface area contributed by atoms with E-state index in [4.69, 9.17) is 0 Å². The molecule has 0 atom stereocenters. The van der Waals surface area contributed by atoms with Gasteiger partial charge in [-0.1, -0.05) is 36.4 Å². The van der Waals surface area contributed by atoms with Crippen molar-refractivity contribution in [3.05, 3.63) is 70.3 Å². The summed E-state index contributed by atoms with van der Waals surface area (Å²) in [5, 5.41) is 10.9. The van der Waals surface area contributed by atoms with Crippen molar-refractivity contribution in [2.75, 3.05) is 19.6 Å². The van der Waals surface area contributed by atoms with Crippen LogP contribution in [-0.2, 0) is 26.0 Å². The predicted octanol–water partition coefficient (Wildman–Crippen LogP) is 1.20. The van der Waals surface area contributed by atoms with Crippen LogP contribution in [0.1, 0.15) is 5.56 Å². The van der Waals surface area contributed by atoms with E-state index < -0.39 is 39.9 Å². The number of nitro benzene ring substituents is 1. The number of carbonyl (C=O) groups excluding carboxylic acids is 2. The second kappa shape index (κ2) is 7.87. The van der Waals surface area contributed by atoms with E-state index in [1.54, 1.807) is 0 Å². The SMILES string of the molecule is O=C1CN(S(=O)(=O)c2cccc([N+](=O)[O-])c2)CC(=O)N1CCc1ccccc1. The van der Waals surface area contributed by atoms with E-state index in [-0.39, 0.29) is 17.1 Å². The molecule has 0 N–H and O–H groups in total. The minimum Gasteiger partial charge on any atom is -0.280 e. The standard InChI is InChI=1S/C18H17N3O6S/c22-17-12-19(28(26,27)16-8-4-7-15(11-16)21(24)25)13-18(23)20(17)10-9-14-5-2-1-3-6-14/h1-8,11H,9-10,12-13H2. The highest BCUT2D eigenvalue weighted by molar-refractivity contribution is 7.89. The molecular formula is C18H17N3O6S. The second-order valence-electron chi connectivity index (χ2n) is 6.20. The summed E-state index contributed by atoms with van der Waals surface area (Å²) in [5.74, 6) is -1.25. The fourth-order valence-electron chi connectivity index (χ4n) is 2.88. The minimum absolute atomic E-state index is 0.159. The smallest absolute Gasteiger partial charge is 0.270 e. The van der Waals surface area contributed by atoms with Gasteiger partial charge in [-0.15, -0.1) is 0 Å². The molecule has 9 nitrogen and oxygen atoms in total. The third kappa shape index (κ3) is 4.07. The normalized spacial score (nSPS) is 15.6. The summed E-state index contributed by atoms with van der Waals surface area (Å²) in [6, 6.07) is 13.8. The van der Waals surface area contributed by atoms with Crippen molar-refractivity contribution in [3.63, 3.8) is 0 Å². The molecule has 1 aliphatic rings. The first-order valence-electron chi connectivity index (χ1n) is 8.41. The molecule has 2 aromatic carbocycles. The van der Waals surface area contributed by atoms with Crippen molar-refractivity contribution in [1.29, 1.82) is 0 Å². The van der Waals surface area contributed by atoms with Crippen LogP contribution >= 0.6 is 0 Å². The zero-order valence-corrected chi connectivity index (χ0v) is 15.5. The predicted molar refractivity (Wildman–Crippen MR) is 98.7 cm³/mol. The van der Waals surface area contributed by atoms with Gasteiger partial charge in [0.1, 0.15) is 0 Å². The molecule has 0 bridgehead atoms. The minimum atomic E-state index is -4.21. The quantitative estimate of drug-likeness (QED) is 0.406. The molecule has 1 fully saturated rings. The van der Waals surface area contributed by atoms with Crippen molar-refractivity contribution >= 4 is 27.5 Å². The zero-order valence-electron chi connectivity index (χ0n) is 14.7. The van der Waals surface area contributed by atoms with Crippen LogP contribution in [0, 0.1) is 10.1 Å². The number of amides is 2. The van der Waals surface area contributed by atoms with Gasteiger partial charge in [0.15, 0.2) is 0 Å². The average Bonchev–Trinajstić information content (AvgIpc) is 2.68. The fraction of sp³-hybridized carbons (Fsp3) is 0.222. The summed E-state index contributed by atoms with van der Waals surface area (Å²) < 4.78 is 26.2. The lowest BCUT2D eigenvalue weighted by Gasteiger charge is -2.32. The fourth-order valence-corrected chi connectivity index (χ4v) is 4.26. The van der Waals surface area contributed by atoms with Gasteiger partial charge in [-0.25, -0.2) is 8.42 Å². The Morgan fingerprint density at radius 3 is 2.21 bits per heavy atom. The van der Waals surface area contributed by atoms with E-state index >= 15 is 0 Å². The molecule has 1 aliphatic heterocycles. The van der Waals surface area contributed by atoms with Crippen LogP contribution in [0.25, 0.3) is 0 Å². The molecule has 2 aromatic rings. The number of hydrogen-bond acceptors (Lipinski definition) is 6. The lowest BCUT2D eigenvalue weighted by molar-refractivity contribution is -0.385. The average molecular weight is 403 g/mol. The highest BCUT2D eigenvalue weighted by Gasteiger charge is 2.37. The summed E-state index contributed by atoms with van der Waals surface area (Å²) in [6.45, 7) is -0.830. The van der Waals surface area contributed by atoms with Gasteiger partial charge in [0.2, 0.25) is 21.8 Å². The van der Waals surface area contributed by atoms with Crippen molar-refractivity contribution in [2.24, 2.45) is 0 Å². The molecule has 1 saturated heterocycles. The number of carbonyl (C=O) groups is 2. The van der Waals surface area contributed by atoms with Crippen molar-refractivity contribution < 1.29 is 22.9 Å². The highest BCUT2D eigenvalue weighted by atomic mass is 32.2. The third-order valence-electron chi connectivity index (χ3n) is 4.36. The van der Waals surface area contributed by atoms with Crippen LogP contribution in [0.4, 0.5) is 5.69 Å². The molecule has 0 radical (unpaired) electrons. The molecule has 0 aromatic heterocycles. The van der Waals surface area contributed by atoms with Gasteiger partial charge in [-0.05, 0) is 18.1 Å². The molecular weight excluding hydrogens is 386 g/mol. The number of nitro groups is 1. The molecule has 0 spiro atoms. The molecule has 28 heavy (non-hydrogen) atoms. The summed E-state index contributed by atoms with van der Waals surface area (Å²) in [6.07, 6.45) is 0.468. The van der Waals surface area contributed by atoms with Gasteiger partial charge < -0.3 is 0 Å². The molecule has 3 rings (SSSR count). The Bertz CT molecular complexity index is 1000. The van der Waals surface area contributed by atoms with Crippen LogP contribution in [0.2, 0.25) is 0 Å². The first kappa shape index (κ1) is 19.6. The van der Waals surface area contributed by atoms with Crippen molar-refractivity contribution in [3.8, 4) is 0 Å². The van der Waals surface area contributed by atoms with E-state index in [2.05, 4.69) is 0 Å². The Hall–Kier alpha value is -3.11. The summed E-state index contributed by atoms with van der Waals surface area (Å²) >= 11 is 0. The molecule has 10 heteroatoms. The Morgan fingerprint density at radius 1 is 0.964 bits per heavy atom. The molecule has 0 unspecified atom stereocenters. The van der Waals surface area contributed by atoms with Gasteiger partial charge >= 0.3 is 0 Å². The number of non-ortho nitro benzene ring substituents is 1. The van der Waals surface area contributed by atoms with Crippen molar-refractivity contribution in [2.45, 2.75) is 11.3 Å².